The highest BCUT2D eigenvalue weighted by molar-refractivity contribution is 6.30. The lowest BCUT2D eigenvalue weighted by molar-refractivity contribution is -0.131. The van der Waals surface area contributed by atoms with Crippen molar-refractivity contribution >= 4 is 35.0 Å². The van der Waals surface area contributed by atoms with Crippen LogP contribution in [-0.4, -0.2) is 54.5 Å². The molecule has 0 bridgehead atoms. The normalized spacial score (nSPS) is 13.9. The molecule has 3 rings (SSSR count). The third kappa shape index (κ3) is 5.36. The zero-order chi connectivity index (χ0) is 19.9. The number of carbonyl (C=O) groups excluding carboxylic acids is 2. The van der Waals surface area contributed by atoms with Gasteiger partial charge in [-0.2, -0.15) is 0 Å². The summed E-state index contributed by atoms with van der Waals surface area (Å²) in [6, 6.07) is 10.7. The summed E-state index contributed by atoms with van der Waals surface area (Å²) in [5.41, 5.74) is 1.57. The van der Waals surface area contributed by atoms with Gasteiger partial charge in [0.25, 0.3) is 0 Å². The first-order chi connectivity index (χ1) is 13.5. The van der Waals surface area contributed by atoms with E-state index in [0.717, 1.165) is 24.5 Å². The lowest BCUT2D eigenvalue weighted by Crippen LogP contribution is -2.49. The maximum absolute atomic E-state index is 12.4. The van der Waals surface area contributed by atoms with Gasteiger partial charge in [0.15, 0.2) is 0 Å². The van der Waals surface area contributed by atoms with Gasteiger partial charge in [-0.3, -0.25) is 4.79 Å². The molecule has 0 unspecified atom stereocenters. The van der Waals surface area contributed by atoms with Crippen LogP contribution in [0.3, 0.4) is 0 Å². The Hall–Kier alpha value is -2.80. The van der Waals surface area contributed by atoms with Gasteiger partial charge in [-0.05, 0) is 42.8 Å². The van der Waals surface area contributed by atoms with Gasteiger partial charge in [0.1, 0.15) is 5.82 Å². The fraction of sp³-hybridized carbons (Fsp3) is 0.350. The van der Waals surface area contributed by atoms with Crippen molar-refractivity contribution in [3.8, 4) is 0 Å². The van der Waals surface area contributed by atoms with Gasteiger partial charge in [-0.25, -0.2) is 9.78 Å². The summed E-state index contributed by atoms with van der Waals surface area (Å²) in [7, 11) is 0. The van der Waals surface area contributed by atoms with Crippen molar-refractivity contribution < 1.29 is 9.59 Å². The van der Waals surface area contributed by atoms with Crippen molar-refractivity contribution in [2.75, 3.05) is 42.9 Å². The van der Waals surface area contributed by atoms with Crippen LogP contribution in [0, 0.1) is 6.92 Å². The highest BCUT2D eigenvalue weighted by atomic mass is 35.5. The minimum Gasteiger partial charge on any atom is -0.353 e. The van der Waals surface area contributed by atoms with E-state index in [2.05, 4.69) is 20.5 Å². The van der Waals surface area contributed by atoms with Gasteiger partial charge in [-0.1, -0.05) is 17.7 Å². The molecular formula is C20H24ClN5O2. The molecule has 1 fully saturated rings. The van der Waals surface area contributed by atoms with Gasteiger partial charge in [0.2, 0.25) is 5.91 Å². The molecule has 0 atom stereocenters. The molecule has 28 heavy (non-hydrogen) atoms. The van der Waals surface area contributed by atoms with Crippen molar-refractivity contribution in [1.29, 1.82) is 0 Å². The van der Waals surface area contributed by atoms with Crippen LogP contribution in [0.2, 0.25) is 5.02 Å². The molecule has 1 saturated heterocycles. The highest BCUT2D eigenvalue weighted by Crippen LogP contribution is 2.19. The first-order valence-electron chi connectivity index (χ1n) is 9.27. The fourth-order valence-corrected chi connectivity index (χ4v) is 3.33. The Labute approximate surface area is 169 Å². The number of benzene rings is 1. The van der Waals surface area contributed by atoms with Crippen molar-refractivity contribution in [3.63, 3.8) is 0 Å². The van der Waals surface area contributed by atoms with E-state index in [1.54, 1.807) is 24.4 Å². The van der Waals surface area contributed by atoms with Gasteiger partial charge in [0.05, 0.1) is 0 Å². The van der Waals surface area contributed by atoms with E-state index in [9.17, 15) is 9.59 Å². The Morgan fingerprint density at radius 2 is 1.93 bits per heavy atom. The third-order valence-corrected chi connectivity index (χ3v) is 4.90. The first kappa shape index (κ1) is 19.9. The van der Waals surface area contributed by atoms with Gasteiger partial charge in [0, 0.05) is 56.1 Å². The van der Waals surface area contributed by atoms with E-state index < -0.39 is 0 Å². The molecule has 1 aliphatic rings. The number of pyridine rings is 1. The van der Waals surface area contributed by atoms with Crippen molar-refractivity contribution in [1.82, 2.24) is 15.2 Å². The Morgan fingerprint density at radius 1 is 1.14 bits per heavy atom. The summed E-state index contributed by atoms with van der Waals surface area (Å²) >= 11 is 5.91. The molecule has 1 aromatic carbocycles. The molecule has 0 spiro atoms. The second-order valence-corrected chi connectivity index (χ2v) is 7.08. The summed E-state index contributed by atoms with van der Waals surface area (Å²) in [5.74, 6) is 0.981. The summed E-state index contributed by atoms with van der Waals surface area (Å²) in [5, 5.41) is 6.12. The average Bonchev–Trinajstić information content (AvgIpc) is 2.71. The molecule has 1 aromatic heterocycles. The number of rotatable bonds is 5. The third-order valence-electron chi connectivity index (χ3n) is 4.67. The molecule has 7 nitrogen and oxygen atoms in total. The van der Waals surface area contributed by atoms with E-state index in [1.807, 2.05) is 30.0 Å². The number of amides is 3. The second kappa shape index (κ2) is 9.41. The minimum atomic E-state index is -0.335. The lowest BCUT2D eigenvalue weighted by Gasteiger charge is -2.35. The Kier molecular flexibility index (Phi) is 6.71. The number of hydrogen-bond acceptors (Lipinski definition) is 4. The predicted molar refractivity (Wildman–Crippen MR) is 111 cm³/mol. The number of aryl methyl sites for hydroxylation is 1. The molecule has 0 radical (unpaired) electrons. The maximum Gasteiger partial charge on any atom is 0.319 e. The molecule has 0 aliphatic carbocycles. The van der Waals surface area contributed by atoms with Crippen LogP contribution in [0.1, 0.15) is 12.0 Å². The number of nitrogens with one attached hydrogen (secondary N) is 2. The first-order valence-corrected chi connectivity index (χ1v) is 9.65. The van der Waals surface area contributed by atoms with Crippen LogP contribution < -0.4 is 15.5 Å². The van der Waals surface area contributed by atoms with Crippen LogP contribution in [0.15, 0.2) is 42.6 Å². The minimum absolute atomic E-state index is 0.0450. The number of nitrogens with zero attached hydrogens (tertiary/aromatic N) is 3. The zero-order valence-corrected chi connectivity index (χ0v) is 16.6. The van der Waals surface area contributed by atoms with Crippen molar-refractivity contribution in [2.24, 2.45) is 0 Å². The molecule has 0 saturated carbocycles. The van der Waals surface area contributed by atoms with Crippen molar-refractivity contribution in [2.45, 2.75) is 13.3 Å². The van der Waals surface area contributed by atoms with Gasteiger partial charge in [-0.15, -0.1) is 0 Å². The number of aromatic nitrogens is 1. The molecule has 1 aliphatic heterocycles. The van der Waals surface area contributed by atoms with Gasteiger partial charge < -0.3 is 20.4 Å². The second-order valence-electron chi connectivity index (χ2n) is 6.65. The fourth-order valence-electron chi connectivity index (χ4n) is 3.10. The Balaban J connectivity index is 1.38. The SMILES string of the molecule is Cc1cc(Cl)ccc1NC(=O)NCCC(=O)N1CCN(c2ccccn2)CC1. The van der Waals surface area contributed by atoms with Crippen LogP contribution in [0.4, 0.5) is 16.3 Å². The van der Waals surface area contributed by atoms with E-state index in [1.165, 1.54) is 0 Å². The summed E-state index contributed by atoms with van der Waals surface area (Å²) in [6.45, 7) is 4.99. The predicted octanol–water partition coefficient (Wildman–Crippen LogP) is 2.90. The van der Waals surface area contributed by atoms with Crippen LogP contribution in [0.25, 0.3) is 0 Å². The largest absolute Gasteiger partial charge is 0.353 e. The number of anilines is 2. The number of halogens is 1. The number of urea groups is 1. The maximum atomic E-state index is 12.4. The van der Waals surface area contributed by atoms with Crippen LogP contribution in [-0.2, 0) is 4.79 Å². The van der Waals surface area contributed by atoms with Gasteiger partial charge >= 0.3 is 6.03 Å². The molecule has 2 aromatic rings. The average molecular weight is 402 g/mol. The summed E-state index contributed by atoms with van der Waals surface area (Å²) < 4.78 is 0. The van der Waals surface area contributed by atoms with Crippen molar-refractivity contribution in [3.05, 3.63) is 53.2 Å². The molecule has 3 amide bonds. The summed E-state index contributed by atoms with van der Waals surface area (Å²) in [4.78, 5) is 32.7. The van der Waals surface area contributed by atoms with Crippen LogP contribution in [0.5, 0.6) is 0 Å². The zero-order valence-electron chi connectivity index (χ0n) is 15.8. The Bertz CT molecular complexity index is 823. The number of hydrogen-bond donors (Lipinski definition) is 2. The van der Waals surface area contributed by atoms with E-state index in [4.69, 9.17) is 11.6 Å². The van der Waals surface area contributed by atoms with E-state index in [0.29, 0.717) is 23.8 Å². The smallest absolute Gasteiger partial charge is 0.319 e. The topological polar surface area (TPSA) is 77.6 Å². The number of carbonyl (C=O) groups is 2. The standard InChI is InChI=1S/C20H24ClN5O2/c1-15-14-16(21)5-6-17(15)24-20(28)23-9-7-19(27)26-12-10-25(11-13-26)18-4-2-3-8-22-18/h2-6,8,14H,7,9-13H2,1H3,(H2,23,24,28). The summed E-state index contributed by atoms with van der Waals surface area (Å²) in [6.07, 6.45) is 2.05. The Morgan fingerprint density at radius 3 is 2.61 bits per heavy atom. The molecule has 148 valence electrons. The monoisotopic (exact) mass is 401 g/mol. The van der Waals surface area contributed by atoms with E-state index >= 15 is 0 Å². The number of piperazine rings is 1. The lowest BCUT2D eigenvalue weighted by atomic mass is 10.2. The molecule has 2 heterocycles. The quantitative estimate of drug-likeness (QED) is 0.807. The van der Waals surface area contributed by atoms with Crippen LogP contribution >= 0.6 is 11.6 Å². The molecule has 2 N–H and O–H groups in total. The molecule has 8 heteroatoms. The molecular weight excluding hydrogens is 378 g/mol. The highest BCUT2D eigenvalue weighted by Gasteiger charge is 2.21. The van der Waals surface area contributed by atoms with E-state index in [-0.39, 0.29) is 24.9 Å².